The number of allylic oxidation sites excluding steroid dienone is 1. The van der Waals surface area contributed by atoms with Crippen LogP contribution in [0.2, 0.25) is 0 Å². The molecule has 0 radical (unpaired) electrons. The van der Waals surface area contributed by atoms with Crippen molar-refractivity contribution in [2.45, 2.75) is 77.8 Å². The monoisotopic (exact) mass is 646 g/mol. The lowest BCUT2D eigenvalue weighted by atomic mass is 9.95. The molecule has 0 spiro atoms. The number of H-pyrrole nitrogens is 1. The maximum Gasteiger partial charge on any atom is 0.338 e. The van der Waals surface area contributed by atoms with E-state index in [1.807, 2.05) is 44.2 Å². The summed E-state index contributed by atoms with van der Waals surface area (Å²) in [6.45, 7) is 9.00. The van der Waals surface area contributed by atoms with Crippen LogP contribution >= 0.6 is 0 Å². The van der Waals surface area contributed by atoms with Gasteiger partial charge in [0.15, 0.2) is 6.10 Å². The number of nitrogens with zero attached hydrogens (tertiary/aromatic N) is 1. The molecule has 4 rings (SSSR count). The molecule has 2 heterocycles. The summed E-state index contributed by atoms with van der Waals surface area (Å²) in [7, 11) is 2.89. The number of amides is 3. The average Bonchev–Trinajstić information content (AvgIpc) is 3.45. The van der Waals surface area contributed by atoms with Gasteiger partial charge in [-0.15, -0.1) is 0 Å². The zero-order valence-corrected chi connectivity index (χ0v) is 28.1. The van der Waals surface area contributed by atoms with E-state index in [1.54, 1.807) is 39.1 Å². The van der Waals surface area contributed by atoms with Crippen LogP contribution in [-0.2, 0) is 35.1 Å². The molecule has 1 aliphatic heterocycles. The van der Waals surface area contributed by atoms with Crippen LogP contribution in [0.4, 0.5) is 0 Å². The Morgan fingerprint density at radius 2 is 1.64 bits per heavy atom. The minimum Gasteiger partial charge on any atom is -0.508 e. The summed E-state index contributed by atoms with van der Waals surface area (Å²) in [5.74, 6) is -2.58. The van der Waals surface area contributed by atoms with Crippen LogP contribution in [0.3, 0.4) is 0 Å². The molecule has 0 saturated heterocycles. The fourth-order valence-corrected chi connectivity index (χ4v) is 6.01. The standard InChI is InChI=1S/C36H46N4O7/c1-20-16-21(2)24(5)47-36(45)32(46-7)31(25-12-14-27(41)15-13-25)39-34(43)30(18-26-19-37-29-11-9-8-10-28(26)29)40(6)35(44)23(4)38-33(42)22(3)17-20/h8-16,19,21-24,30-32,37,41H,17-18H2,1-7H3,(H,38,42)(H,39,43)/b20-16+/t21-,22+,23+,24-,30-,31+,32+/m1/s1. The van der Waals surface area contributed by atoms with Crippen molar-refractivity contribution in [2.75, 3.05) is 14.2 Å². The SMILES string of the molecule is CO[C@@H]1C(=O)O[C@H](C)[C@H](C)/C=C(\C)C[C@H](C)C(=O)N[C@@H](C)C(=O)N(C)[C@H](Cc2c[nH]c3ccccc23)C(=O)N[C@H]1c1ccc(O)cc1. The first kappa shape index (κ1) is 35.2. The number of aromatic hydroxyl groups is 1. The summed E-state index contributed by atoms with van der Waals surface area (Å²) in [4.78, 5) is 59.6. The summed E-state index contributed by atoms with van der Waals surface area (Å²) >= 11 is 0. The fraction of sp³-hybridized carbons (Fsp3) is 0.444. The third-order valence-corrected chi connectivity index (χ3v) is 8.94. The zero-order chi connectivity index (χ0) is 34.4. The Bertz CT molecular complexity index is 1610. The molecule has 0 saturated carbocycles. The van der Waals surface area contributed by atoms with Crippen LogP contribution < -0.4 is 10.6 Å². The van der Waals surface area contributed by atoms with Crippen molar-refractivity contribution in [3.05, 3.63) is 77.5 Å². The summed E-state index contributed by atoms with van der Waals surface area (Å²) < 4.78 is 11.6. The number of likely N-dealkylation sites (N-methyl/N-ethyl adjacent to an activating group) is 1. The number of rotatable bonds is 4. The first-order valence-electron chi connectivity index (χ1n) is 15.9. The van der Waals surface area contributed by atoms with Gasteiger partial charge in [-0.05, 0) is 56.5 Å². The van der Waals surface area contributed by atoms with E-state index in [2.05, 4.69) is 15.6 Å². The van der Waals surface area contributed by atoms with Crippen molar-refractivity contribution < 1.29 is 33.8 Å². The Balaban J connectivity index is 1.80. The van der Waals surface area contributed by atoms with Crippen molar-refractivity contribution in [1.29, 1.82) is 0 Å². The van der Waals surface area contributed by atoms with Gasteiger partial charge in [0.05, 0.1) is 6.04 Å². The predicted octanol–water partition coefficient (Wildman–Crippen LogP) is 4.17. The van der Waals surface area contributed by atoms with Gasteiger partial charge in [-0.25, -0.2) is 4.79 Å². The quantitative estimate of drug-likeness (QED) is 0.246. The van der Waals surface area contributed by atoms with E-state index in [-0.39, 0.29) is 24.0 Å². The molecule has 3 aromatic rings. The maximum atomic E-state index is 14.4. The van der Waals surface area contributed by atoms with Crippen LogP contribution in [-0.4, -0.2) is 77.1 Å². The Kier molecular flexibility index (Phi) is 11.5. The average molecular weight is 647 g/mol. The largest absolute Gasteiger partial charge is 0.508 e. The van der Waals surface area contributed by atoms with Gasteiger partial charge in [0, 0.05) is 49.5 Å². The molecular formula is C36H46N4O7. The van der Waals surface area contributed by atoms with Crippen molar-refractivity contribution in [2.24, 2.45) is 11.8 Å². The van der Waals surface area contributed by atoms with E-state index in [0.717, 1.165) is 22.0 Å². The number of methoxy groups -OCH3 is 1. The van der Waals surface area contributed by atoms with E-state index < -0.39 is 54.0 Å². The highest BCUT2D eigenvalue weighted by molar-refractivity contribution is 5.93. The molecule has 4 N–H and O–H groups in total. The molecule has 11 nitrogen and oxygen atoms in total. The molecule has 1 aromatic heterocycles. The normalized spacial score (nSPS) is 28.4. The van der Waals surface area contributed by atoms with Gasteiger partial charge in [-0.3, -0.25) is 14.4 Å². The molecule has 1 aliphatic rings. The molecule has 47 heavy (non-hydrogen) atoms. The molecule has 0 bridgehead atoms. The Morgan fingerprint density at radius 1 is 0.957 bits per heavy atom. The number of carbonyl (C=O) groups is 4. The summed E-state index contributed by atoms with van der Waals surface area (Å²) in [5, 5.41) is 16.7. The van der Waals surface area contributed by atoms with Gasteiger partial charge in [-0.2, -0.15) is 0 Å². The number of nitrogens with one attached hydrogen (secondary N) is 3. The lowest BCUT2D eigenvalue weighted by Crippen LogP contribution is -2.56. The van der Waals surface area contributed by atoms with Crippen LogP contribution in [0, 0.1) is 11.8 Å². The van der Waals surface area contributed by atoms with Gasteiger partial charge >= 0.3 is 5.97 Å². The highest BCUT2D eigenvalue weighted by Gasteiger charge is 2.38. The zero-order valence-electron chi connectivity index (χ0n) is 28.1. The number of aromatic nitrogens is 1. The van der Waals surface area contributed by atoms with E-state index in [0.29, 0.717) is 12.0 Å². The van der Waals surface area contributed by atoms with Crippen molar-refractivity contribution in [3.63, 3.8) is 0 Å². The first-order chi connectivity index (χ1) is 22.3. The predicted molar refractivity (Wildman–Crippen MR) is 178 cm³/mol. The molecule has 0 unspecified atom stereocenters. The van der Waals surface area contributed by atoms with Crippen LogP contribution in [0.5, 0.6) is 5.75 Å². The summed E-state index contributed by atoms with van der Waals surface area (Å²) in [6.07, 6.45) is 2.55. The topological polar surface area (TPSA) is 150 Å². The smallest absolute Gasteiger partial charge is 0.338 e. The van der Waals surface area contributed by atoms with Crippen molar-refractivity contribution >= 4 is 34.6 Å². The molecule has 0 aliphatic carbocycles. The van der Waals surface area contributed by atoms with Crippen LogP contribution in [0.25, 0.3) is 10.9 Å². The summed E-state index contributed by atoms with van der Waals surface area (Å²) in [5.41, 5.74) is 3.11. The van der Waals surface area contributed by atoms with Crippen molar-refractivity contribution in [1.82, 2.24) is 20.5 Å². The Morgan fingerprint density at radius 3 is 2.32 bits per heavy atom. The number of benzene rings is 2. The van der Waals surface area contributed by atoms with E-state index in [1.165, 1.54) is 31.2 Å². The molecule has 3 amide bonds. The number of aromatic amines is 1. The molecule has 11 heteroatoms. The first-order valence-corrected chi connectivity index (χ1v) is 15.9. The number of cyclic esters (lactones) is 1. The van der Waals surface area contributed by atoms with E-state index in [4.69, 9.17) is 9.47 Å². The third kappa shape index (κ3) is 8.40. The number of hydrogen-bond acceptors (Lipinski definition) is 7. The number of phenolic OH excluding ortho intramolecular Hbond substituents is 1. The number of carbonyl (C=O) groups excluding carboxylic acids is 4. The van der Waals surface area contributed by atoms with Gasteiger partial charge in [-0.1, -0.05) is 55.8 Å². The molecular weight excluding hydrogens is 600 g/mol. The number of ether oxygens (including phenoxy) is 2. The summed E-state index contributed by atoms with van der Waals surface area (Å²) in [6, 6.07) is 10.7. The minimum atomic E-state index is -1.25. The van der Waals surface area contributed by atoms with Gasteiger partial charge < -0.3 is 35.1 Å². The Hall–Kier alpha value is -4.64. The molecule has 7 atom stereocenters. The highest BCUT2D eigenvalue weighted by atomic mass is 16.6. The Labute approximate surface area is 275 Å². The molecule has 252 valence electrons. The number of phenols is 1. The molecule has 0 fully saturated rings. The second-order valence-corrected chi connectivity index (χ2v) is 12.6. The van der Waals surface area contributed by atoms with Crippen LogP contribution in [0.15, 0.2) is 66.4 Å². The maximum absolute atomic E-state index is 14.4. The highest BCUT2D eigenvalue weighted by Crippen LogP contribution is 2.27. The van der Waals surface area contributed by atoms with Gasteiger partial charge in [0.1, 0.15) is 23.9 Å². The third-order valence-electron chi connectivity index (χ3n) is 8.94. The van der Waals surface area contributed by atoms with Gasteiger partial charge in [0.2, 0.25) is 17.7 Å². The lowest BCUT2D eigenvalue weighted by molar-refractivity contribution is -0.164. The number of para-hydroxylation sites is 1. The fourth-order valence-electron chi connectivity index (χ4n) is 6.01. The number of fused-ring (bicyclic) bond motifs is 1. The van der Waals surface area contributed by atoms with Crippen molar-refractivity contribution in [3.8, 4) is 5.75 Å². The van der Waals surface area contributed by atoms with Gasteiger partial charge in [0.25, 0.3) is 0 Å². The second kappa shape index (κ2) is 15.3. The molecule has 2 aromatic carbocycles. The van der Waals surface area contributed by atoms with Crippen LogP contribution in [0.1, 0.15) is 58.2 Å². The number of esters is 1. The minimum absolute atomic E-state index is 0.00862. The second-order valence-electron chi connectivity index (χ2n) is 12.6. The van der Waals surface area contributed by atoms with E-state index in [9.17, 15) is 24.3 Å². The van der Waals surface area contributed by atoms with E-state index >= 15 is 0 Å². The lowest BCUT2D eigenvalue weighted by Gasteiger charge is -2.33. The number of hydrogen-bond donors (Lipinski definition) is 4.